The highest BCUT2D eigenvalue weighted by Crippen LogP contribution is 2.23. The molecule has 0 radical (unpaired) electrons. The zero-order valence-corrected chi connectivity index (χ0v) is 9.37. The van der Waals surface area contributed by atoms with Crippen molar-refractivity contribution in [2.45, 2.75) is 13.3 Å². The van der Waals surface area contributed by atoms with E-state index in [1.807, 2.05) is 12.1 Å². The smallest absolute Gasteiger partial charge is 0.220 e. The van der Waals surface area contributed by atoms with Gasteiger partial charge < -0.3 is 5.73 Å². The van der Waals surface area contributed by atoms with Crippen LogP contribution in [-0.2, 0) is 6.42 Å². The zero-order valence-electron chi connectivity index (χ0n) is 7.79. The second kappa shape index (κ2) is 3.53. The maximum atomic E-state index is 5.52. The molecule has 0 fully saturated rings. The Kier molecular flexibility index (Phi) is 2.37. The van der Waals surface area contributed by atoms with Crippen LogP contribution < -0.4 is 5.73 Å². The number of nitrogens with zero attached hydrogens (tertiary/aromatic N) is 2. The summed E-state index contributed by atoms with van der Waals surface area (Å²) in [5.41, 5.74) is 7.65. The van der Waals surface area contributed by atoms with Crippen molar-refractivity contribution in [2.24, 2.45) is 0 Å². The Balaban J connectivity index is 2.73. The Morgan fingerprint density at radius 3 is 2.93 bits per heavy atom. The third-order valence-corrected chi connectivity index (χ3v) is 2.89. The first-order valence-corrected chi connectivity index (χ1v) is 5.20. The van der Waals surface area contributed by atoms with Crippen molar-refractivity contribution in [1.29, 1.82) is 0 Å². The van der Waals surface area contributed by atoms with Gasteiger partial charge in [-0.1, -0.05) is 22.9 Å². The van der Waals surface area contributed by atoms with Crippen LogP contribution in [0.15, 0.2) is 22.8 Å². The van der Waals surface area contributed by atoms with Gasteiger partial charge in [0.05, 0.1) is 5.52 Å². The molecule has 1 aromatic carbocycles. The quantitative estimate of drug-likeness (QED) is 0.848. The SMILES string of the molecule is CCc1cc2nc(N)ncc2cc1Br. The lowest BCUT2D eigenvalue weighted by atomic mass is 10.1. The second-order valence-electron chi connectivity index (χ2n) is 3.08. The molecule has 14 heavy (non-hydrogen) atoms. The minimum Gasteiger partial charge on any atom is -0.368 e. The minimum atomic E-state index is 0.321. The number of aromatic nitrogens is 2. The molecular formula is C10H10BrN3. The highest BCUT2D eigenvalue weighted by molar-refractivity contribution is 9.10. The number of halogens is 1. The fraction of sp³-hybridized carbons (Fsp3) is 0.200. The van der Waals surface area contributed by atoms with Gasteiger partial charge in [-0.25, -0.2) is 9.97 Å². The molecule has 4 heteroatoms. The van der Waals surface area contributed by atoms with Gasteiger partial charge in [-0.2, -0.15) is 0 Å². The highest BCUT2D eigenvalue weighted by Gasteiger charge is 2.02. The van der Waals surface area contributed by atoms with Crippen molar-refractivity contribution in [2.75, 3.05) is 5.73 Å². The Labute approximate surface area is 90.5 Å². The van der Waals surface area contributed by atoms with E-state index in [1.54, 1.807) is 6.20 Å². The van der Waals surface area contributed by atoms with E-state index in [4.69, 9.17) is 5.73 Å². The van der Waals surface area contributed by atoms with Crippen molar-refractivity contribution >= 4 is 32.8 Å². The van der Waals surface area contributed by atoms with E-state index in [1.165, 1.54) is 5.56 Å². The summed E-state index contributed by atoms with van der Waals surface area (Å²) in [6.07, 6.45) is 2.71. The standard InChI is InChI=1S/C10H10BrN3/c1-2-6-4-9-7(3-8(6)11)5-13-10(12)14-9/h3-5H,2H2,1H3,(H2,12,13,14). The molecule has 0 spiro atoms. The second-order valence-corrected chi connectivity index (χ2v) is 3.94. The molecule has 1 aromatic heterocycles. The average Bonchev–Trinajstić information content (AvgIpc) is 2.17. The summed E-state index contributed by atoms with van der Waals surface area (Å²) in [5, 5.41) is 1.00. The van der Waals surface area contributed by atoms with Crippen molar-refractivity contribution < 1.29 is 0 Å². The molecule has 2 aromatic rings. The molecule has 0 aliphatic rings. The molecular weight excluding hydrogens is 242 g/mol. The summed E-state index contributed by atoms with van der Waals surface area (Å²) >= 11 is 3.51. The number of aryl methyl sites for hydroxylation is 1. The van der Waals surface area contributed by atoms with Crippen molar-refractivity contribution in [3.05, 3.63) is 28.4 Å². The zero-order chi connectivity index (χ0) is 10.1. The normalized spacial score (nSPS) is 10.7. The third-order valence-electron chi connectivity index (χ3n) is 2.15. The molecule has 0 unspecified atom stereocenters. The van der Waals surface area contributed by atoms with Crippen LogP contribution in [0.3, 0.4) is 0 Å². The van der Waals surface area contributed by atoms with E-state index >= 15 is 0 Å². The van der Waals surface area contributed by atoms with Crippen LogP contribution in [0.25, 0.3) is 10.9 Å². The topological polar surface area (TPSA) is 51.8 Å². The largest absolute Gasteiger partial charge is 0.368 e. The lowest BCUT2D eigenvalue weighted by Crippen LogP contribution is -1.95. The van der Waals surface area contributed by atoms with Gasteiger partial charge in [-0.3, -0.25) is 0 Å². The number of benzene rings is 1. The Morgan fingerprint density at radius 2 is 2.21 bits per heavy atom. The summed E-state index contributed by atoms with van der Waals surface area (Å²) in [7, 11) is 0. The molecule has 2 rings (SSSR count). The predicted octanol–water partition coefficient (Wildman–Crippen LogP) is 2.54. The molecule has 0 saturated carbocycles. The molecule has 3 nitrogen and oxygen atoms in total. The first-order chi connectivity index (χ1) is 6.70. The number of nitrogens with two attached hydrogens (primary N) is 1. The molecule has 0 saturated heterocycles. The fourth-order valence-corrected chi connectivity index (χ4v) is 2.02. The van der Waals surface area contributed by atoms with Gasteiger partial charge in [0, 0.05) is 16.1 Å². The minimum absolute atomic E-state index is 0.321. The average molecular weight is 252 g/mol. The van der Waals surface area contributed by atoms with Crippen molar-refractivity contribution in [3.8, 4) is 0 Å². The van der Waals surface area contributed by atoms with Gasteiger partial charge in [0.15, 0.2) is 0 Å². The van der Waals surface area contributed by atoms with Crippen LogP contribution in [0.5, 0.6) is 0 Å². The molecule has 1 heterocycles. The van der Waals surface area contributed by atoms with E-state index in [-0.39, 0.29) is 0 Å². The number of hydrogen-bond acceptors (Lipinski definition) is 3. The number of nitrogen functional groups attached to an aromatic ring is 1. The molecule has 72 valence electrons. The summed E-state index contributed by atoms with van der Waals surface area (Å²) in [6, 6.07) is 4.06. The van der Waals surface area contributed by atoms with Gasteiger partial charge >= 0.3 is 0 Å². The van der Waals surface area contributed by atoms with E-state index in [0.29, 0.717) is 5.95 Å². The van der Waals surface area contributed by atoms with Crippen LogP contribution in [-0.4, -0.2) is 9.97 Å². The molecule has 0 atom stereocenters. The molecule has 0 amide bonds. The van der Waals surface area contributed by atoms with Gasteiger partial charge in [-0.15, -0.1) is 0 Å². The van der Waals surface area contributed by atoms with Crippen LogP contribution in [0.4, 0.5) is 5.95 Å². The van der Waals surface area contributed by atoms with Crippen LogP contribution in [0.1, 0.15) is 12.5 Å². The van der Waals surface area contributed by atoms with Crippen molar-refractivity contribution in [3.63, 3.8) is 0 Å². The molecule has 0 aliphatic carbocycles. The van der Waals surface area contributed by atoms with E-state index in [2.05, 4.69) is 32.8 Å². The van der Waals surface area contributed by atoms with E-state index < -0.39 is 0 Å². The van der Waals surface area contributed by atoms with E-state index in [0.717, 1.165) is 21.8 Å². The maximum Gasteiger partial charge on any atom is 0.220 e. The lowest BCUT2D eigenvalue weighted by Gasteiger charge is -2.03. The first kappa shape index (κ1) is 9.40. The Hall–Kier alpha value is -1.16. The predicted molar refractivity (Wildman–Crippen MR) is 61.0 cm³/mol. The van der Waals surface area contributed by atoms with Crippen molar-refractivity contribution in [1.82, 2.24) is 9.97 Å². The number of hydrogen-bond donors (Lipinski definition) is 1. The first-order valence-electron chi connectivity index (χ1n) is 4.41. The summed E-state index contributed by atoms with van der Waals surface area (Å²) in [4.78, 5) is 8.12. The van der Waals surface area contributed by atoms with Crippen LogP contribution >= 0.6 is 15.9 Å². The van der Waals surface area contributed by atoms with E-state index in [9.17, 15) is 0 Å². The molecule has 0 aliphatic heterocycles. The van der Waals surface area contributed by atoms with Crippen LogP contribution in [0.2, 0.25) is 0 Å². The molecule has 0 bridgehead atoms. The van der Waals surface area contributed by atoms with Crippen LogP contribution in [0, 0.1) is 0 Å². The van der Waals surface area contributed by atoms with Gasteiger partial charge in [-0.05, 0) is 24.1 Å². The number of rotatable bonds is 1. The summed E-state index contributed by atoms with van der Waals surface area (Å²) in [5.74, 6) is 0.321. The van der Waals surface area contributed by atoms with Gasteiger partial charge in [0.25, 0.3) is 0 Å². The monoisotopic (exact) mass is 251 g/mol. The summed E-state index contributed by atoms with van der Waals surface area (Å²) < 4.78 is 1.10. The maximum absolute atomic E-state index is 5.52. The number of anilines is 1. The fourth-order valence-electron chi connectivity index (χ4n) is 1.38. The Bertz CT molecular complexity index is 482. The molecule has 2 N–H and O–H groups in total. The third kappa shape index (κ3) is 1.57. The Morgan fingerprint density at radius 1 is 1.43 bits per heavy atom. The summed E-state index contributed by atoms with van der Waals surface area (Å²) in [6.45, 7) is 2.11. The highest BCUT2D eigenvalue weighted by atomic mass is 79.9. The van der Waals surface area contributed by atoms with Gasteiger partial charge in [0.1, 0.15) is 0 Å². The van der Waals surface area contributed by atoms with Gasteiger partial charge in [0.2, 0.25) is 5.95 Å². The number of fused-ring (bicyclic) bond motifs is 1. The lowest BCUT2D eigenvalue weighted by molar-refractivity contribution is 1.13.